The van der Waals surface area contributed by atoms with Crippen molar-refractivity contribution in [1.29, 1.82) is 0 Å². The lowest BCUT2D eigenvalue weighted by atomic mass is 10.1. The maximum atomic E-state index is 12.1. The van der Waals surface area contributed by atoms with Gasteiger partial charge >= 0.3 is 0 Å². The summed E-state index contributed by atoms with van der Waals surface area (Å²) in [5, 5.41) is 6.40. The summed E-state index contributed by atoms with van der Waals surface area (Å²) in [5.74, 6) is 0.0507. The lowest BCUT2D eigenvalue weighted by Gasteiger charge is -2.24. The fourth-order valence-electron chi connectivity index (χ4n) is 2.09. The Kier molecular flexibility index (Phi) is 4.39. The van der Waals surface area contributed by atoms with E-state index >= 15 is 0 Å². The van der Waals surface area contributed by atoms with E-state index in [-0.39, 0.29) is 11.9 Å². The summed E-state index contributed by atoms with van der Waals surface area (Å²) in [6, 6.07) is 6.12. The highest BCUT2D eigenvalue weighted by atomic mass is 127. The number of piperidine rings is 1. The van der Waals surface area contributed by atoms with E-state index in [9.17, 15) is 4.79 Å². The van der Waals surface area contributed by atoms with E-state index in [4.69, 9.17) is 0 Å². The third kappa shape index (κ3) is 3.19. The van der Waals surface area contributed by atoms with Gasteiger partial charge < -0.3 is 10.6 Å². The summed E-state index contributed by atoms with van der Waals surface area (Å²) >= 11 is 2.26. The maximum Gasteiger partial charge on any atom is 0.251 e. The van der Waals surface area contributed by atoms with Crippen LogP contribution in [-0.4, -0.2) is 25.0 Å². The molecule has 1 unspecified atom stereocenters. The van der Waals surface area contributed by atoms with E-state index in [0.717, 1.165) is 40.6 Å². The Balaban J connectivity index is 2.06. The van der Waals surface area contributed by atoms with Gasteiger partial charge in [0.05, 0.1) is 0 Å². The smallest absolute Gasteiger partial charge is 0.251 e. The van der Waals surface area contributed by atoms with Gasteiger partial charge in [-0.05, 0) is 66.6 Å². The summed E-state index contributed by atoms with van der Waals surface area (Å²) in [5.41, 5.74) is 1.86. The van der Waals surface area contributed by atoms with Crippen molar-refractivity contribution in [3.8, 4) is 0 Å². The molecule has 1 fully saturated rings. The number of hydrogen-bond donors (Lipinski definition) is 2. The third-order valence-electron chi connectivity index (χ3n) is 3.14. The van der Waals surface area contributed by atoms with Gasteiger partial charge in [0.25, 0.3) is 5.91 Å². The SMILES string of the molecule is Cc1c(I)cccc1C(=O)NC1CCCNC1. The molecule has 3 nitrogen and oxygen atoms in total. The van der Waals surface area contributed by atoms with Gasteiger partial charge in [0.15, 0.2) is 0 Å². The van der Waals surface area contributed by atoms with E-state index in [1.54, 1.807) is 0 Å². The molecule has 2 N–H and O–H groups in total. The molecular formula is C13H17IN2O. The first kappa shape index (κ1) is 12.8. The van der Waals surface area contributed by atoms with Crippen LogP contribution in [0.5, 0.6) is 0 Å². The fourth-order valence-corrected chi connectivity index (χ4v) is 2.59. The van der Waals surface area contributed by atoms with Crippen LogP contribution in [-0.2, 0) is 0 Å². The molecule has 1 saturated heterocycles. The first-order valence-electron chi connectivity index (χ1n) is 5.95. The molecular weight excluding hydrogens is 327 g/mol. The topological polar surface area (TPSA) is 41.1 Å². The van der Waals surface area contributed by atoms with Crippen molar-refractivity contribution in [3.05, 3.63) is 32.9 Å². The fraction of sp³-hybridized carbons (Fsp3) is 0.462. The number of carbonyl (C=O) groups excluding carboxylic acids is 1. The molecule has 1 aromatic rings. The zero-order valence-electron chi connectivity index (χ0n) is 9.92. The van der Waals surface area contributed by atoms with Gasteiger partial charge in [-0.2, -0.15) is 0 Å². The van der Waals surface area contributed by atoms with Crippen LogP contribution in [0, 0.1) is 10.5 Å². The summed E-state index contributed by atoms with van der Waals surface area (Å²) in [6.45, 7) is 3.94. The molecule has 1 aliphatic heterocycles. The molecule has 92 valence electrons. The van der Waals surface area contributed by atoms with Crippen LogP contribution in [0.2, 0.25) is 0 Å². The highest BCUT2D eigenvalue weighted by molar-refractivity contribution is 14.1. The quantitative estimate of drug-likeness (QED) is 0.807. The molecule has 0 spiro atoms. The van der Waals surface area contributed by atoms with Crippen molar-refractivity contribution in [3.63, 3.8) is 0 Å². The van der Waals surface area contributed by atoms with Gasteiger partial charge in [0.2, 0.25) is 0 Å². The predicted molar refractivity (Wildman–Crippen MR) is 77.3 cm³/mol. The molecule has 1 aromatic carbocycles. The summed E-state index contributed by atoms with van der Waals surface area (Å²) in [6.07, 6.45) is 2.21. The molecule has 0 radical (unpaired) electrons. The monoisotopic (exact) mass is 344 g/mol. The molecule has 0 saturated carbocycles. The Morgan fingerprint density at radius 3 is 3.06 bits per heavy atom. The van der Waals surface area contributed by atoms with Crippen molar-refractivity contribution in [2.24, 2.45) is 0 Å². The van der Waals surface area contributed by atoms with Gasteiger partial charge in [0, 0.05) is 21.7 Å². The van der Waals surface area contributed by atoms with Crippen LogP contribution in [0.4, 0.5) is 0 Å². The average molecular weight is 344 g/mol. The number of rotatable bonds is 2. The second-order valence-electron chi connectivity index (χ2n) is 4.43. The van der Waals surface area contributed by atoms with E-state index < -0.39 is 0 Å². The van der Waals surface area contributed by atoms with Crippen LogP contribution in [0.3, 0.4) is 0 Å². The van der Waals surface area contributed by atoms with Gasteiger partial charge in [-0.1, -0.05) is 6.07 Å². The van der Waals surface area contributed by atoms with Crippen LogP contribution in [0.15, 0.2) is 18.2 Å². The number of halogens is 1. The normalized spacial score (nSPS) is 20.0. The standard InChI is InChI=1S/C13H17IN2O/c1-9-11(5-2-6-12(9)14)13(17)16-10-4-3-7-15-8-10/h2,5-6,10,15H,3-4,7-8H2,1H3,(H,16,17). The van der Waals surface area contributed by atoms with Gasteiger partial charge in [-0.25, -0.2) is 0 Å². The number of amides is 1. The number of hydrogen-bond acceptors (Lipinski definition) is 2. The zero-order valence-corrected chi connectivity index (χ0v) is 12.1. The van der Waals surface area contributed by atoms with E-state index in [0.29, 0.717) is 0 Å². The lowest BCUT2D eigenvalue weighted by molar-refractivity contribution is 0.0930. The molecule has 0 bridgehead atoms. The Morgan fingerprint density at radius 2 is 2.35 bits per heavy atom. The van der Waals surface area contributed by atoms with Crippen molar-refractivity contribution < 1.29 is 4.79 Å². The lowest BCUT2D eigenvalue weighted by Crippen LogP contribution is -2.45. The van der Waals surface area contributed by atoms with Crippen LogP contribution in [0.1, 0.15) is 28.8 Å². The highest BCUT2D eigenvalue weighted by Crippen LogP contribution is 2.16. The predicted octanol–water partition coefficient (Wildman–Crippen LogP) is 2.08. The minimum absolute atomic E-state index is 0.0507. The molecule has 1 heterocycles. The van der Waals surface area contributed by atoms with E-state index in [2.05, 4.69) is 33.2 Å². The van der Waals surface area contributed by atoms with Crippen molar-refractivity contribution >= 4 is 28.5 Å². The van der Waals surface area contributed by atoms with Gasteiger partial charge in [-0.3, -0.25) is 4.79 Å². The Labute approximate surface area is 116 Å². The Bertz CT molecular complexity index is 414. The van der Waals surface area contributed by atoms with E-state index in [1.165, 1.54) is 0 Å². The van der Waals surface area contributed by atoms with Crippen LogP contribution in [0.25, 0.3) is 0 Å². The van der Waals surface area contributed by atoms with Crippen molar-refractivity contribution in [1.82, 2.24) is 10.6 Å². The van der Waals surface area contributed by atoms with Gasteiger partial charge in [0.1, 0.15) is 0 Å². The Hall–Kier alpha value is -0.620. The van der Waals surface area contributed by atoms with Crippen LogP contribution >= 0.6 is 22.6 Å². The second kappa shape index (κ2) is 5.82. The minimum Gasteiger partial charge on any atom is -0.348 e. The second-order valence-corrected chi connectivity index (χ2v) is 5.59. The molecule has 17 heavy (non-hydrogen) atoms. The maximum absolute atomic E-state index is 12.1. The summed E-state index contributed by atoms with van der Waals surface area (Å²) in [7, 11) is 0. The summed E-state index contributed by atoms with van der Waals surface area (Å²) in [4.78, 5) is 12.1. The first-order chi connectivity index (χ1) is 8.18. The van der Waals surface area contributed by atoms with Crippen LogP contribution < -0.4 is 10.6 Å². The van der Waals surface area contributed by atoms with Gasteiger partial charge in [-0.15, -0.1) is 0 Å². The molecule has 1 amide bonds. The summed E-state index contributed by atoms with van der Waals surface area (Å²) < 4.78 is 1.14. The number of nitrogens with one attached hydrogen (secondary N) is 2. The molecule has 1 aliphatic rings. The first-order valence-corrected chi connectivity index (χ1v) is 7.03. The van der Waals surface area contributed by atoms with E-state index in [1.807, 2.05) is 25.1 Å². The molecule has 2 rings (SSSR count). The minimum atomic E-state index is 0.0507. The molecule has 0 aromatic heterocycles. The molecule has 1 atom stereocenters. The highest BCUT2D eigenvalue weighted by Gasteiger charge is 2.17. The number of carbonyl (C=O) groups is 1. The Morgan fingerprint density at radius 1 is 1.53 bits per heavy atom. The molecule has 4 heteroatoms. The number of benzene rings is 1. The average Bonchev–Trinajstić information content (AvgIpc) is 2.34. The van der Waals surface area contributed by atoms with Crippen molar-refractivity contribution in [2.45, 2.75) is 25.8 Å². The molecule has 0 aliphatic carbocycles. The largest absolute Gasteiger partial charge is 0.348 e. The van der Waals surface area contributed by atoms with Crippen molar-refractivity contribution in [2.75, 3.05) is 13.1 Å². The zero-order chi connectivity index (χ0) is 12.3. The third-order valence-corrected chi connectivity index (χ3v) is 4.31.